The van der Waals surface area contributed by atoms with Gasteiger partial charge in [-0.1, -0.05) is 19.9 Å². The number of ether oxygens (including phenoxy) is 3. The van der Waals surface area contributed by atoms with Crippen molar-refractivity contribution in [2.24, 2.45) is 5.92 Å². The first kappa shape index (κ1) is 17.6. The highest BCUT2D eigenvalue weighted by Crippen LogP contribution is 2.20. The first-order valence-corrected chi connectivity index (χ1v) is 8.37. The summed E-state index contributed by atoms with van der Waals surface area (Å²) in [5, 5.41) is 2.84. The number of nitrogens with one attached hydrogen (secondary N) is 1. The van der Waals surface area contributed by atoms with Gasteiger partial charge in [0.15, 0.2) is 6.61 Å². The van der Waals surface area contributed by atoms with Gasteiger partial charge in [-0.05, 0) is 37.3 Å². The maximum absolute atomic E-state index is 11.8. The molecule has 128 valence electrons. The molecule has 1 heterocycles. The van der Waals surface area contributed by atoms with E-state index in [1.165, 1.54) is 0 Å². The van der Waals surface area contributed by atoms with Crippen LogP contribution in [0.2, 0.25) is 0 Å². The Labute approximate surface area is 138 Å². The lowest BCUT2D eigenvalue weighted by Gasteiger charge is -2.12. The van der Waals surface area contributed by atoms with E-state index in [0.29, 0.717) is 24.8 Å². The number of benzene rings is 1. The van der Waals surface area contributed by atoms with E-state index in [-0.39, 0.29) is 18.6 Å². The lowest BCUT2D eigenvalue weighted by Crippen LogP contribution is -2.35. The van der Waals surface area contributed by atoms with Crippen molar-refractivity contribution >= 4 is 5.91 Å². The summed E-state index contributed by atoms with van der Waals surface area (Å²) in [6, 6.07) is 7.39. The molecule has 2 rings (SSSR count). The maximum atomic E-state index is 11.8. The van der Waals surface area contributed by atoms with E-state index in [1.807, 2.05) is 24.3 Å². The van der Waals surface area contributed by atoms with Gasteiger partial charge >= 0.3 is 0 Å². The standard InChI is InChI=1S/C18H27NO4/c1-14(2)8-10-22-15-5-3-6-16(11-15)23-13-18(20)19-12-17-7-4-9-21-17/h3,5-6,11,14,17H,4,7-10,12-13H2,1-2H3,(H,19,20)/t17-/m0/s1. The molecule has 1 saturated heterocycles. The second-order valence-electron chi connectivity index (χ2n) is 6.23. The molecule has 0 spiro atoms. The van der Waals surface area contributed by atoms with Crippen LogP contribution in [0, 0.1) is 5.92 Å². The van der Waals surface area contributed by atoms with Crippen molar-refractivity contribution in [3.8, 4) is 11.5 Å². The molecule has 0 aromatic heterocycles. The van der Waals surface area contributed by atoms with Crippen LogP contribution in [0.15, 0.2) is 24.3 Å². The number of amides is 1. The Morgan fingerprint density at radius 2 is 2.13 bits per heavy atom. The Balaban J connectivity index is 1.68. The molecule has 0 radical (unpaired) electrons. The molecule has 1 amide bonds. The summed E-state index contributed by atoms with van der Waals surface area (Å²) in [6.07, 6.45) is 3.24. The van der Waals surface area contributed by atoms with E-state index in [9.17, 15) is 4.79 Å². The Morgan fingerprint density at radius 3 is 2.83 bits per heavy atom. The lowest BCUT2D eigenvalue weighted by molar-refractivity contribution is -0.123. The minimum absolute atomic E-state index is 0.00215. The molecule has 1 fully saturated rings. The SMILES string of the molecule is CC(C)CCOc1cccc(OCC(=O)NC[C@@H]2CCCO2)c1. The minimum Gasteiger partial charge on any atom is -0.493 e. The fraction of sp³-hybridized carbons (Fsp3) is 0.611. The Kier molecular flexibility index (Phi) is 7.20. The van der Waals surface area contributed by atoms with Crippen molar-refractivity contribution in [3.05, 3.63) is 24.3 Å². The van der Waals surface area contributed by atoms with E-state index in [4.69, 9.17) is 14.2 Å². The van der Waals surface area contributed by atoms with Crippen LogP contribution in [0.25, 0.3) is 0 Å². The first-order chi connectivity index (χ1) is 11.1. The summed E-state index contributed by atoms with van der Waals surface area (Å²) in [4.78, 5) is 11.8. The Morgan fingerprint density at radius 1 is 1.35 bits per heavy atom. The molecule has 1 aromatic carbocycles. The van der Waals surface area contributed by atoms with Gasteiger partial charge < -0.3 is 19.5 Å². The van der Waals surface area contributed by atoms with Crippen molar-refractivity contribution in [2.75, 3.05) is 26.4 Å². The van der Waals surface area contributed by atoms with Crippen molar-refractivity contribution in [2.45, 2.75) is 39.2 Å². The molecule has 1 aliphatic heterocycles. The molecule has 1 N–H and O–H groups in total. The first-order valence-electron chi connectivity index (χ1n) is 8.37. The van der Waals surface area contributed by atoms with Gasteiger partial charge in [-0.3, -0.25) is 4.79 Å². The fourth-order valence-corrected chi connectivity index (χ4v) is 2.30. The highest BCUT2D eigenvalue weighted by Gasteiger charge is 2.16. The minimum atomic E-state index is -0.133. The molecule has 5 nitrogen and oxygen atoms in total. The molecule has 23 heavy (non-hydrogen) atoms. The maximum Gasteiger partial charge on any atom is 0.258 e. The summed E-state index contributed by atoms with van der Waals surface area (Å²) < 4.78 is 16.7. The van der Waals surface area contributed by atoms with Gasteiger partial charge in [0.1, 0.15) is 11.5 Å². The van der Waals surface area contributed by atoms with Crippen molar-refractivity contribution in [1.29, 1.82) is 0 Å². The van der Waals surface area contributed by atoms with E-state index < -0.39 is 0 Å². The van der Waals surface area contributed by atoms with Gasteiger partial charge in [-0.25, -0.2) is 0 Å². The summed E-state index contributed by atoms with van der Waals surface area (Å²) in [5.41, 5.74) is 0. The van der Waals surface area contributed by atoms with Crippen LogP contribution in [0.3, 0.4) is 0 Å². The number of carbonyl (C=O) groups is 1. The van der Waals surface area contributed by atoms with E-state index in [2.05, 4.69) is 19.2 Å². The normalized spacial score (nSPS) is 17.3. The molecule has 1 aromatic rings. The molecule has 1 aliphatic rings. The highest BCUT2D eigenvalue weighted by molar-refractivity contribution is 5.77. The van der Waals surface area contributed by atoms with Gasteiger partial charge in [-0.15, -0.1) is 0 Å². The predicted octanol–water partition coefficient (Wildman–Crippen LogP) is 2.79. The number of rotatable bonds is 9. The van der Waals surface area contributed by atoms with Crippen LogP contribution in [0.1, 0.15) is 33.1 Å². The third-order valence-corrected chi connectivity index (χ3v) is 3.69. The summed E-state index contributed by atoms with van der Waals surface area (Å²) in [7, 11) is 0. The zero-order valence-corrected chi connectivity index (χ0v) is 14.0. The number of carbonyl (C=O) groups excluding carboxylic acids is 1. The second kappa shape index (κ2) is 9.40. The zero-order chi connectivity index (χ0) is 16.5. The average molecular weight is 321 g/mol. The van der Waals surface area contributed by atoms with E-state index in [0.717, 1.165) is 31.6 Å². The largest absolute Gasteiger partial charge is 0.493 e. The molecule has 0 saturated carbocycles. The molecular formula is C18H27NO4. The van der Waals surface area contributed by atoms with E-state index >= 15 is 0 Å². The fourth-order valence-electron chi connectivity index (χ4n) is 2.30. The van der Waals surface area contributed by atoms with Crippen LogP contribution >= 0.6 is 0 Å². The van der Waals surface area contributed by atoms with Crippen LogP contribution in [-0.2, 0) is 9.53 Å². The topological polar surface area (TPSA) is 56.8 Å². The number of hydrogen-bond donors (Lipinski definition) is 1. The van der Waals surface area contributed by atoms with E-state index in [1.54, 1.807) is 0 Å². The van der Waals surface area contributed by atoms with Gasteiger partial charge in [0, 0.05) is 19.2 Å². The molecule has 0 aliphatic carbocycles. The summed E-state index contributed by atoms with van der Waals surface area (Å²) in [5.74, 6) is 1.89. The van der Waals surface area contributed by atoms with Crippen LogP contribution < -0.4 is 14.8 Å². The van der Waals surface area contributed by atoms with Gasteiger partial charge in [0.2, 0.25) is 0 Å². The van der Waals surface area contributed by atoms with Gasteiger partial charge in [0.05, 0.1) is 12.7 Å². The second-order valence-corrected chi connectivity index (χ2v) is 6.23. The highest BCUT2D eigenvalue weighted by atomic mass is 16.5. The van der Waals surface area contributed by atoms with Crippen LogP contribution in [0.5, 0.6) is 11.5 Å². The van der Waals surface area contributed by atoms with Gasteiger partial charge in [0.25, 0.3) is 5.91 Å². The third-order valence-electron chi connectivity index (χ3n) is 3.69. The monoisotopic (exact) mass is 321 g/mol. The molecule has 5 heteroatoms. The Bertz CT molecular complexity index is 484. The van der Waals surface area contributed by atoms with Crippen LogP contribution in [-0.4, -0.2) is 38.4 Å². The quantitative estimate of drug-likeness (QED) is 0.760. The summed E-state index contributed by atoms with van der Waals surface area (Å²) in [6.45, 7) is 6.36. The smallest absolute Gasteiger partial charge is 0.258 e. The van der Waals surface area contributed by atoms with Crippen LogP contribution in [0.4, 0.5) is 0 Å². The third kappa shape index (κ3) is 6.91. The molecular weight excluding hydrogens is 294 g/mol. The average Bonchev–Trinajstić information content (AvgIpc) is 3.04. The zero-order valence-electron chi connectivity index (χ0n) is 14.0. The van der Waals surface area contributed by atoms with Gasteiger partial charge in [-0.2, -0.15) is 0 Å². The summed E-state index contributed by atoms with van der Waals surface area (Å²) >= 11 is 0. The molecule has 0 unspecified atom stereocenters. The lowest BCUT2D eigenvalue weighted by atomic mass is 10.1. The van der Waals surface area contributed by atoms with Crippen molar-refractivity contribution in [1.82, 2.24) is 5.32 Å². The molecule has 0 bridgehead atoms. The van der Waals surface area contributed by atoms with Crippen molar-refractivity contribution < 1.29 is 19.0 Å². The molecule has 1 atom stereocenters. The Hall–Kier alpha value is -1.75. The van der Waals surface area contributed by atoms with Crippen molar-refractivity contribution in [3.63, 3.8) is 0 Å². The number of hydrogen-bond acceptors (Lipinski definition) is 4. The predicted molar refractivity (Wildman–Crippen MR) is 88.9 cm³/mol.